The number of amides is 1. The van der Waals surface area contributed by atoms with Crippen LogP contribution in [0.1, 0.15) is 38.5 Å². The predicted octanol–water partition coefficient (Wildman–Crippen LogP) is 3.56. The fourth-order valence-corrected chi connectivity index (χ4v) is 2.58. The summed E-state index contributed by atoms with van der Waals surface area (Å²) in [4.78, 5) is 11.8. The molecule has 0 spiro atoms. The largest absolute Gasteiger partial charge is 0.484 e. The Morgan fingerprint density at radius 1 is 1.26 bits per heavy atom. The number of hydrogen-bond acceptors (Lipinski definition) is 2. The molecule has 1 N–H and O–H groups in total. The van der Waals surface area contributed by atoms with Crippen molar-refractivity contribution in [1.29, 1.82) is 0 Å². The number of carbonyl (C=O) groups excluding carboxylic acids is 1. The van der Waals surface area contributed by atoms with Crippen molar-refractivity contribution >= 4 is 17.5 Å². The van der Waals surface area contributed by atoms with Gasteiger partial charge in [-0.1, -0.05) is 43.4 Å². The third kappa shape index (κ3) is 5.11. The third-order valence-corrected chi connectivity index (χ3v) is 3.62. The molecule has 1 amide bonds. The monoisotopic (exact) mass is 281 g/mol. The molecular formula is C15H20ClNO2. The number of carbonyl (C=O) groups is 1. The molecule has 104 valence electrons. The van der Waals surface area contributed by atoms with Gasteiger partial charge in [-0.25, -0.2) is 0 Å². The van der Waals surface area contributed by atoms with Crippen molar-refractivity contribution in [3.8, 4) is 5.75 Å². The van der Waals surface area contributed by atoms with Gasteiger partial charge in [-0.05, 0) is 31.0 Å². The van der Waals surface area contributed by atoms with E-state index in [0.29, 0.717) is 16.8 Å². The fraction of sp³-hybridized carbons (Fsp3) is 0.533. The van der Waals surface area contributed by atoms with Crippen molar-refractivity contribution in [2.24, 2.45) is 0 Å². The van der Waals surface area contributed by atoms with Crippen molar-refractivity contribution in [2.45, 2.75) is 44.6 Å². The Balaban J connectivity index is 1.74. The summed E-state index contributed by atoms with van der Waals surface area (Å²) < 4.78 is 5.42. The molecule has 0 atom stereocenters. The number of halogens is 1. The minimum atomic E-state index is -0.0492. The smallest absolute Gasteiger partial charge is 0.258 e. The van der Waals surface area contributed by atoms with Gasteiger partial charge in [-0.3, -0.25) is 4.79 Å². The van der Waals surface area contributed by atoms with Crippen molar-refractivity contribution in [3.63, 3.8) is 0 Å². The van der Waals surface area contributed by atoms with E-state index in [4.69, 9.17) is 16.3 Å². The average molecular weight is 282 g/mol. The highest BCUT2D eigenvalue weighted by Gasteiger charge is 2.14. The van der Waals surface area contributed by atoms with Crippen LogP contribution in [0.3, 0.4) is 0 Å². The number of hydrogen-bond donors (Lipinski definition) is 1. The standard InChI is InChI=1S/C15H20ClNO2/c16-12-6-5-9-14(10-12)19-11-15(18)17-13-7-3-1-2-4-8-13/h5-6,9-10,13H,1-4,7-8,11H2,(H,17,18). The first-order valence-electron chi connectivity index (χ1n) is 6.92. The van der Waals surface area contributed by atoms with Crippen LogP contribution < -0.4 is 10.1 Å². The van der Waals surface area contributed by atoms with Crippen LogP contribution in [0.4, 0.5) is 0 Å². The molecule has 19 heavy (non-hydrogen) atoms. The third-order valence-electron chi connectivity index (χ3n) is 3.39. The van der Waals surface area contributed by atoms with E-state index in [1.165, 1.54) is 25.7 Å². The Bertz CT molecular complexity index is 414. The number of nitrogens with one attached hydrogen (secondary N) is 1. The van der Waals surface area contributed by atoms with Gasteiger partial charge >= 0.3 is 0 Å². The summed E-state index contributed by atoms with van der Waals surface area (Å²) in [5.41, 5.74) is 0. The van der Waals surface area contributed by atoms with Crippen molar-refractivity contribution in [3.05, 3.63) is 29.3 Å². The first-order chi connectivity index (χ1) is 9.24. The number of benzene rings is 1. The van der Waals surface area contributed by atoms with Gasteiger partial charge in [0, 0.05) is 11.1 Å². The summed E-state index contributed by atoms with van der Waals surface area (Å²) in [6.07, 6.45) is 7.16. The van der Waals surface area contributed by atoms with Crippen LogP contribution in [0.25, 0.3) is 0 Å². The van der Waals surface area contributed by atoms with Gasteiger partial charge in [0.2, 0.25) is 0 Å². The van der Waals surface area contributed by atoms with E-state index in [0.717, 1.165) is 12.8 Å². The molecule has 3 nitrogen and oxygen atoms in total. The topological polar surface area (TPSA) is 38.3 Å². The lowest BCUT2D eigenvalue weighted by molar-refractivity contribution is -0.123. The second kappa shape index (κ2) is 7.39. The van der Waals surface area contributed by atoms with Gasteiger partial charge in [0.15, 0.2) is 6.61 Å². The highest BCUT2D eigenvalue weighted by Crippen LogP contribution is 2.18. The molecule has 1 aromatic rings. The predicted molar refractivity (Wildman–Crippen MR) is 76.6 cm³/mol. The molecule has 1 aliphatic rings. The molecule has 0 bridgehead atoms. The summed E-state index contributed by atoms with van der Waals surface area (Å²) in [6, 6.07) is 7.41. The molecule has 1 saturated carbocycles. The van der Waals surface area contributed by atoms with Crippen molar-refractivity contribution in [2.75, 3.05) is 6.61 Å². The van der Waals surface area contributed by atoms with E-state index in [1.807, 2.05) is 0 Å². The molecule has 0 aromatic heterocycles. The van der Waals surface area contributed by atoms with Crippen LogP contribution >= 0.6 is 11.6 Å². The van der Waals surface area contributed by atoms with E-state index < -0.39 is 0 Å². The normalized spacial score (nSPS) is 16.7. The quantitative estimate of drug-likeness (QED) is 0.857. The van der Waals surface area contributed by atoms with Gasteiger partial charge < -0.3 is 10.1 Å². The Labute approximate surface area is 119 Å². The minimum absolute atomic E-state index is 0.0492. The molecule has 1 fully saturated rings. The van der Waals surface area contributed by atoms with Crippen molar-refractivity contribution in [1.82, 2.24) is 5.32 Å². The second-order valence-corrected chi connectivity index (χ2v) is 5.44. The van der Waals surface area contributed by atoms with Crippen LogP contribution in [-0.2, 0) is 4.79 Å². The SMILES string of the molecule is O=C(COc1cccc(Cl)c1)NC1CCCCCC1. The zero-order chi connectivity index (χ0) is 13.5. The lowest BCUT2D eigenvalue weighted by atomic mass is 10.1. The van der Waals surface area contributed by atoms with Gasteiger partial charge in [0.1, 0.15) is 5.75 Å². The zero-order valence-electron chi connectivity index (χ0n) is 11.0. The van der Waals surface area contributed by atoms with Gasteiger partial charge in [-0.2, -0.15) is 0 Å². The summed E-state index contributed by atoms with van der Waals surface area (Å²) in [5, 5.41) is 3.66. The van der Waals surface area contributed by atoms with Crippen LogP contribution in [-0.4, -0.2) is 18.6 Å². The number of ether oxygens (including phenoxy) is 1. The van der Waals surface area contributed by atoms with Gasteiger partial charge in [0.05, 0.1) is 0 Å². The van der Waals surface area contributed by atoms with E-state index in [2.05, 4.69) is 5.32 Å². The summed E-state index contributed by atoms with van der Waals surface area (Å²) >= 11 is 5.85. The summed E-state index contributed by atoms with van der Waals surface area (Å²) in [6.45, 7) is 0.0524. The van der Waals surface area contributed by atoms with E-state index in [1.54, 1.807) is 24.3 Å². The highest BCUT2D eigenvalue weighted by atomic mass is 35.5. The minimum Gasteiger partial charge on any atom is -0.484 e. The highest BCUT2D eigenvalue weighted by molar-refractivity contribution is 6.30. The zero-order valence-corrected chi connectivity index (χ0v) is 11.8. The summed E-state index contributed by atoms with van der Waals surface area (Å²) in [5.74, 6) is 0.579. The maximum Gasteiger partial charge on any atom is 0.258 e. The summed E-state index contributed by atoms with van der Waals surface area (Å²) in [7, 11) is 0. The van der Waals surface area contributed by atoms with E-state index in [9.17, 15) is 4.79 Å². The fourth-order valence-electron chi connectivity index (χ4n) is 2.40. The first-order valence-corrected chi connectivity index (χ1v) is 7.29. The Kier molecular flexibility index (Phi) is 5.52. The molecule has 0 radical (unpaired) electrons. The Morgan fingerprint density at radius 3 is 2.68 bits per heavy atom. The molecule has 0 unspecified atom stereocenters. The molecule has 1 aromatic carbocycles. The Hall–Kier alpha value is -1.22. The van der Waals surface area contributed by atoms with Crippen LogP contribution in [0.5, 0.6) is 5.75 Å². The second-order valence-electron chi connectivity index (χ2n) is 5.00. The average Bonchev–Trinajstić information content (AvgIpc) is 2.65. The van der Waals surface area contributed by atoms with Crippen molar-refractivity contribution < 1.29 is 9.53 Å². The lowest BCUT2D eigenvalue weighted by Crippen LogP contribution is -2.37. The number of rotatable bonds is 4. The molecule has 4 heteroatoms. The molecule has 0 heterocycles. The van der Waals surface area contributed by atoms with Crippen LogP contribution in [0, 0.1) is 0 Å². The molecular weight excluding hydrogens is 262 g/mol. The molecule has 0 saturated heterocycles. The maximum absolute atomic E-state index is 11.8. The molecule has 0 aliphatic heterocycles. The lowest BCUT2D eigenvalue weighted by Gasteiger charge is -2.16. The Morgan fingerprint density at radius 2 is 2.00 bits per heavy atom. The van der Waals surface area contributed by atoms with E-state index >= 15 is 0 Å². The van der Waals surface area contributed by atoms with Gasteiger partial charge in [-0.15, -0.1) is 0 Å². The van der Waals surface area contributed by atoms with E-state index in [-0.39, 0.29) is 12.5 Å². The maximum atomic E-state index is 11.8. The van der Waals surface area contributed by atoms with Crippen LogP contribution in [0.2, 0.25) is 5.02 Å². The first kappa shape index (κ1) is 14.2. The van der Waals surface area contributed by atoms with Gasteiger partial charge in [0.25, 0.3) is 5.91 Å². The molecule has 2 rings (SSSR count). The van der Waals surface area contributed by atoms with Crippen LogP contribution in [0.15, 0.2) is 24.3 Å². The molecule has 1 aliphatic carbocycles.